The molecule has 0 spiro atoms. The highest BCUT2D eigenvalue weighted by atomic mass is 16.5. The minimum absolute atomic E-state index is 0.281. The molecule has 0 bridgehead atoms. The van der Waals surface area contributed by atoms with E-state index in [2.05, 4.69) is 20.3 Å². The molecule has 5 rings (SSSR count). The van der Waals surface area contributed by atoms with Crippen molar-refractivity contribution in [1.29, 1.82) is 0 Å². The minimum Gasteiger partial charge on any atom is -0.489 e. The first-order chi connectivity index (χ1) is 14.7. The number of pyridine rings is 2. The van der Waals surface area contributed by atoms with Crippen LogP contribution in [0.1, 0.15) is 10.4 Å². The molecule has 1 amide bonds. The van der Waals surface area contributed by atoms with Gasteiger partial charge in [0.1, 0.15) is 17.9 Å². The van der Waals surface area contributed by atoms with Crippen molar-refractivity contribution in [2.24, 2.45) is 0 Å². The number of para-hydroxylation sites is 2. The van der Waals surface area contributed by atoms with E-state index in [1.54, 1.807) is 17.3 Å². The molecule has 2 N–H and O–H groups in total. The molecule has 9 nitrogen and oxygen atoms in total. The number of amides is 1. The van der Waals surface area contributed by atoms with Crippen molar-refractivity contribution in [3.05, 3.63) is 58.6 Å². The molecule has 2 aliphatic rings. The third-order valence-corrected chi connectivity index (χ3v) is 5.30. The first kappa shape index (κ1) is 18.4. The maximum Gasteiger partial charge on any atom is 0.274 e. The molecule has 0 saturated carbocycles. The number of hydrogen-bond donors (Lipinski definition) is 2. The van der Waals surface area contributed by atoms with Gasteiger partial charge in [-0.05, 0) is 18.2 Å². The summed E-state index contributed by atoms with van der Waals surface area (Å²) in [6, 6.07) is 9.35. The molecule has 1 saturated heterocycles. The molecule has 0 radical (unpaired) electrons. The zero-order chi connectivity index (χ0) is 20.5. The zero-order valence-corrected chi connectivity index (χ0v) is 16.3. The van der Waals surface area contributed by atoms with Crippen LogP contribution in [0.3, 0.4) is 0 Å². The normalized spacial score (nSPS) is 16.1. The summed E-state index contributed by atoms with van der Waals surface area (Å²) in [4.78, 5) is 34.6. The monoisotopic (exact) mass is 407 g/mol. The Bertz CT molecular complexity index is 1160. The number of ether oxygens (including phenoxy) is 2. The Morgan fingerprint density at radius 1 is 1.10 bits per heavy atom. The van der Waals surface area contributed by atoms with Gasteiger partial charge in [-0.2, -0.15) is 0 Å². The van der Waals surface area contributed by atoms with Crippen LogP contribution in [0.4, 0.5) is 11.4 Å². The number of H-pyrrole nitrogens is 1. The zero-order valence-electron chi connectivity index (χ0n) is 16.3. The largest absolute Gasteiger partial charge is 0.489 e. The van der Waals surface area contributed by atoms with Crippen molar-refractivity contribution in [2.45, 2.75) is 0 Å². The van der Waals surface area contributed by atoms with Gasteiger partial charge in [0.05, 0.1) is 36.7 Å². The highest BCUT2D eigenvalue weighted by molar-refractivity contribution is 6.07. The molecular formula is C21H21N5O4. The summed E-state index contributed by atoms with van der Waals surface area (Å²) in [5.74, 6) is 0.434. The summed E-state index contributed by atoms with van der Waals surface area (Å²) in [6.45, 7) is 3.38. The van der Waals surface area contributed by atoms with Gasteiger partial charge in [-0.1, -0.05) is 12.1 Å². The maximum absolute atomic E-state index is 13.3. The van der Waals surface area contributed by atoms with Gasteiger partial charge in [0.15, 0.2) is 0 Å². The molecule has 4 heterocycles. The van der Waals surface area contributed by atoms with E-state index in [0.29, 0.717) is 61.6 Å². The number of nitrogens with zero attached hydrogens (tertiary/aromatic N) is 3. The van der Waals surface area contributed by atoms with Gasteiger partial charge < -0.3 is 19.4 Å². The molecule has 2 aliphatic heterocycles. The number of rotatable bonds is 3. The van der Waals surface area contributed by atoms with Crippen LogP contribution >= 0.6 is 0 Å². The van der Waals surface area contributed by atoms with Crippen molar-refractivity contribution < 1.29 is 14.3 Å². The molecule has 9 heteroatoms. The number of hydrogen-bond acceptors (Lipinski definition) is 7. The molecule has 3 aromatic rings. The smallest absolute Gasteiger partial charge is 0.274 e. The van der Waals surface area contributed by atoms with Crippen LogP contribution in [-0.4, -0.2) is 55.3 Å². The van der Waals surface area contributed by atoms with E-state index in [1.165, 1.54) is 6.20 Å². The van der Waals surface area contributed by atoms with Crippen LogP contribution in [0.5, 0.6) is 5.75 Å². The lowest BCUT2D eigenvalue weighted by atomic mass is 10.1. The Morgan fingerprint density at radius 3 is 2.80 bits per heavy atom. The number of hydrazine groups is 1. The minimum atomic E-state index is -0.289. The Kier molecular flexibility index (Phi) is 4.72. The van der Waals surface area contributed by atoms with Crippen LogP contribution in [0.15, 0.2) is 47.5 Å². The van der Waals surface area contributed by atoms with Gasteiger partial charge in [0.25, 0.3) is 11.5 Å². The summed E-state index contributed by atoms with van der Waals surface area (Å²) in [7, 11) is 0. The average Bonchev–Trinajstić information content (AvgIpc) is 2.79. The summed E-state index contributed by atoms with van der Waals surface area (Å²) >= 11 is 0. The topological polar surface area (TPSA) is 99.8 Å². The number of morpholine rings is 1. The second-order valence-corrected chi connectivity index (χ2v) is 7.10. The first-order valence-corrected chi connectivity index (χ1v) is 9.86. The van der Waals surface area contributed by atoms with Crippen LogP contribution in [0.2, 0.25) is 0 Å². The second kappa shape index (κ2) is 7.68. The van der Waals surface area contributed by atoms with E-state index in [9.17, 15) is 9.59 Å². The first-order valence-electron chi connectivity index (χ1n) is 9.86. The standard InChI is InChI=1S/C21H21N5O4/c27-20(24-26-9-12-30-17-4-2-1-3-16(17)26)15-13-23-18-14(5-6-22-21(18)28)19(15)25-7-10-29-11-8-25/h1-6,13H,7-12H2,(H,22,28)(H,24,27). The molecule has 2 aromatic heterocycles. The van der Waals surface area contributed by atoms with Crippen LogP contribution in [0, 0.1) is 0 Å². The van der Waals surface area contributed by atoms with Gasteiger partial charge >= 0.3 is 0 Å². The summed E-state index contributed by atoms with van der Waals surface area (Å²) < 4.78 is 11.1. The summed E-state index contributed by atoms with van der Waals surface area (Å²) in [6.07, 6.45) is 3.06. The molecule has 0 aliphatic carbocycles. The predicted molar refractivity (Wildman–Crippen MR) is 112 cm³/mol. The third kappa shape index (κ3) is 3.22. The molecule has 1 fully saturated rings. The van der Waals surface area contributed by atoms with Crippen molar-refractivity contribution in [1.82, 2.24) is 15.4 Å². The second-order valence-electron chi connectivity index (χ2n) is 7.10. The van der Waals surface area contributed by atoms with Crippen molar-refractivity contribution >= 4 is 28.2 Å². The lowest BCUT2D eigenvalue weighted by Crippen LogP contribution is -2.47. The molecule has 154 valence electrons. The number of carbonyl (C=O) groups is 1. The lowest BCUT2D eigenvalue weighted by molar-refractivity contribution is 0.0943. The van der Waals surface area contributed by atoms with Crippen molar-refractivity contribution in [2.75, 3.05) is 49.4 Å². The van der Waals surface area contributed by atoms with Gasteiger partial charge in [-0.25, -0.2) is 4.98 Å². The SMILES string of the molecule is O=C(NN1CCOc2ccccc21)c1cnc2c(=O)[nH]ccc2c1N1CCOCC1. The van der Waals surface area contributed by atoms with Gasteiger partial charge in [0.2, 0.25) is 0 Å². The highest BCUT2D eigenvalue weighted by Gasteiger charge is 2.26. The molecule has 30 heavy (non-hydrogen) atoms. The molecule has 0 atom stereocenters. The third-order valence-electron chi connectivity index (χ3n) is 5.30. The molecular weight excluding hydrogens is 386 g/mol. The van der Waals surface area contributed by atoms with E-state index in [0.717, 1.165) is 11.4 Å². The van der Waals surface area contributed by atoms with Crippen molar-refractivity contribution in [3.8, 4) is 5.75 Å². The molecule has 0 unspecified atom stereocenters. The quantitative estimate of drug-likeness (QED) is 0.675. The fourth-order valence-corrected chi connectivity index (χ4v) is 3.89. The Morgan fingerprint density at radius 2 is 1.93 bits per heavy atom. The Hall–Kier alpha value is -3.59. The van der Waals surface area contributed by atoms with E-state index in [4.69, 9.17) is 9.47 Å². The van der Waals surface area contributed by atoms with Crippen LogP contribution in [-0.2, 0) is 4.74 Å². The Balaban J connectivity index is 1.55. The number of aromatic amines is 1. The van der Waals surface area contributed by atoms with E-state index in [1.807, 2.05) is 24.3 Å². The summed E-state index contributed by atoms with van der Waals surface area (Å²) in [5, 5.41) is 2.43. The summed E-state index contributed by atoms with van der Waals surface area (Å²) in [5.41, 5.74) is 4.93. The van der Waals surface area contributed by atoms with E-state index >= 15 is 0 Å². The lowest BCUT2D eigenvalue weighted by Gasteiger charge is -2.33. The average molecular weight is 407 g/mol. The fraction of sp³-hybridized carbons (Fsp3) is 0.286. The van der Waals surface area contributed by atoms with Crippen LogP contribution in [0.25, 0.3) is 10.9 Å². The number of aromatic nitrogens is 2. The maximum atomic E-state index is 13.3. The predicted octanol–water partition coefficient (Wildman–Crippen LogP) is 1.30. The number of anilines is 2. The molecule has 1 aromatic carbocycles. The van der Waals surface area contributed by atoms with Crippen LogP contribution < -0.4 is 25.6 Å². The number of benzene rings is 1. The number of fused-ring (bicyclic) bond motifs is 2. The van der Waals surface area contributed by atoms with Crippen molar-refractivity contribution in [3.63, 3.8) is 0 Å². The highest BCUT2D eigenvalue weighted by Crippen LogP contribution is 2.31. The Labute approximate surface area is 172 Å². The van der Waals surface area contributed by atoms with E-state index < -0.39 is 0 Å². The number of carbonyl (C=O) groups excluding carboxylic acids is 1. The van der Waals surface area contributed by atoms with Gasteiger partial charge in [-0.3, -0.25) is 20.0 Å². The van der Waals surface area contributed by atoms with Gasteiger partial charge in [0, 0.05) is 30.9 Å². The van der Waals surface area contributed by atoms with E-state index in [-0.39, 0.29) is 11.5 Å². The van der Waals surface area contributed by atoms with Gasteiger partial charge in [-0.15, -0.1) is 0 Å². The fourth-order valence-electron chi connectivity index (χ4n) is 3.89. The number of nitrogens with one attached hydrogen (secondary N) is 2.